The number of hydrogen-bond acceptors (Lipinski definition) is 8. The minimum absolute atomic E-state index is 0.248. The number of nitrogens with zero attached hydrogens (tertiary/aromatic N) is 3. The molecule has 1 aliphatic heterocycles. The van der Waals surface area contributed by atoms with Crippen molar-refractivity contribution in [2.45, 2.75) is 57.8 Å². The maximum atomic E-state index is 13.4. The van der Waals surface area contributed by atoms with Crippen LogP contribution >= 0.6 is 50.9 Å². The molecule has 0 spiro atoms. The zero-order valence-corrected chi connectivity index (χ0v) is 26.6. The molecule has 4 rings (SSSR count). The Morgan fingerprint density at radius 3 is 2.67 bits per heavy atom. The number of carbonyl (C=O) groups excluding carboxylic acids is 1. The van der Waals surface area contributed by atoms with Gasteiger partial charge in [-0.3, -0.25) is 0 Å². The number of benzene rings is 2. The van der Waals surface area contributed by atoms with Crippen LogP contribution < -0.4 is 14.8 Å². The molecule has 3 aromatic rings. The van der Waals surface area contributed by atoms with Crippen molar-refractivity contribution >= 4 is 62.8 Å². The van der Waals surface area contributed by atoms with Crippen LogP contribution in [0.1, 0.15) is 57.2 Å². The Labute approximate surface area is 256 Å². The number of nitrogens with one attached hydrogen (secondary N) is 1. The van der Waals surface area contributed by atoms with Crippen LogP contribution in [0.5, 0.6) is 11.5 Å². The lowest BCUT2D eigenvalue weighted by molar-refractivity contribution is -0.139. The topological polar surface area (TPSA) is 87.5 Å². The Hall–Kier alpha value is -2.40. The standard InChI is InChI=1S/C28H31BrCl2N4O4S/c1-5-7-10-38-26(36)23-16(3)32-27-33-28(40-11-6-2)34-35(27)24(23)18-13-19(29)25(22(14-18)37-4)39-15-17-8-9-20(30)21(31)12-17/h8-9,12-14,24H,5-7,10-11,15H2,1-4H3,(H,32,33,34). The first-order valence-electron chi connectivity index (χ1n) is 13.0. The van der Waals surface area contributed by atoms with Gasteiger partial charge in [0.25, 0.3) is 0 Å². The molecule has 8 nitrogen and oxygen atoms in total. The molecule has 0 radical (unpaired) electrons. The van der Waals surface area contributed by atoms with Crippen LogP contribution in [0.4, 0.5) is 5.95 Å². The van der Waals surface area contributed by atoms with Crippen molar-refractivity contribution in [1.29, 1.82) is 0 Å². The molecule has 1 atom stereocenters. The molecule has 0 aliphatic carbocycles. The van der Waals surface area contributed by atoms with Crippen molar-refractivity contribution in [1.82, 2.24) is 14.8 Å². The lowest BCUT2D eigenvalue weighted by Gasteiger charge is -2.29. The van der Waals surface area contributed by atoms with E-state index in [0.29, 0.717) is 55.0 Å². The Morgan fingerprint density at radius 2 is 1.98 bits per heavy atom. The molecule has 1 N–H and O–H groups in total. The number of methoxy groups -OCH3 is 1. The molecule has 0 saturated carbocycles. The van der Waals surface area contributed by atoms with E-state index in [0.717, 1.165) is 36.1 Å². The van der Waals surface area contributed by atoms with Crippen molar-refractivity contribution in [2.75, 3.05) is 24.8 Å². The number of hydrogen-bond donors (Lipinski definition) is 1. The van der Waals surface area contributed by atoms with Crippen LogP contribution in [0.3, 0.4) is 0 Å². The van der Waals surface area contributed by atoms with Gasteiger partial charge in [-0.25, -0.2) is 9.48 Å². The maximum absolute atomic E-state index is 13.4. The lowest BCUT2D eigenvalue weighted by atomic mass is 9.95. The normalized spacial score (nSPS) is 14.5. The first kappa shape index (κ1) is 30.6. The summed E-state index contributed by atoms with van der Waals surface area (Å²) in [5.74, 6) is 2.04. The second-order valence-electron chi connectivity index (χ2n) is 9.14. The number of carbonyl (C=O) groups is 1. The van der Waals surface area contributed by atoms with E-state index >= 15 is 0 Å². The summed E-state index contributed by atoms with van der Waals surface area (Å²) in [7, 11) is 1.57. The van der Waals surface area contributed by atoms with E-state index in [-0.39, 0.29) is 6.61 Å². The van der Waals surface area contributed by atoms with Gasteiger partial charge in [-0.1, -0.05) is 61.3 Å². The average Bonchev–Trinajstić information content (AvgIpc) is 3.34. The van der Waals surface area contributed by atoms with Gasteiger partial charge in [-0.2, -0.15) is 4.98 Å². The van der Waals surface area contributed by atoms with Gasteiger partial charge in [-0.05, 0) is 71.1 Å². The summed E-state index contributed by atoms with van der Waals surface area (Å²) < 4.78 is 19.9. The Bertz CT molecular complexity index is 1420. The predicted octanol–water partition coefficient (Wildman–Crippen LogP) is 8.07. The number of esters is 1. The number of ether oxygens (including phenoxy) is 3. The molecule has 12 heteroatoms. The Kier molecular flexibility index (Phi) is 10.7. The van der Waals surface area contributed by atoms with Crippen LogP contribution in [0.25, 0.3) is 0 Å². The van der Waals surface area contributed by atoms with E-state index in [4.69, 9.17) is 42.5 Å². The minimum atomic E-state index is -0.594. The minimum Gasteiger partial charge on any atom is -0.493 e. The van der Waals surface area contributed by atoms with Gasteiger partial charge in [0, 0.05) is 11.4 Å². The number of halogens is 3. The molecule has 214 valence electrons. The smallest absolute Gasteiger partial charge is 0.338 e. The summed E-state index contributed by atoms with van der Waals surface area (Å²) in [6, 6.07) is 8.50. The molecule has 2 aromatic carbocycles. The number of unbranched alkanes of at least 4 members (excludes halogenated alkanes) is 1. The fraction of sp³-hybridized carbons (Fsp3) is 0.393. The van der Waals surface area contributed by atoms with Gasteiger partial charge in [0.05, 0.1) is 33.8 Å². The molecule has 1 aromatic heterocycles. The van der Waals surface area contributed by atoms with Crippen molar-refractivity contribution in [2.24, 2.45) is 0 Å². The first-order valence-corrected chi connectivity index (χ1v) is 15.5. The molecule has 40 heavy (non-hydrogen) atoms. The van der Waals surface area contributed by atoms with Gasteiger partial charge >= 0.3 is 5.97 Å². The lowest BCUT2D eigenvalue weighted by Crippen LogP contribution is -2.30. The van der Waals surface area contributed by atoms with Gasteiger partial charge in [-0.15, -0.1) is 5.10 Å². The van der Waals surface area contributed by atoms with Crippen molar-refractivity contribution in [3.05, 3.63) is 67.2 Å². The van der Waals surface area contributed by atoms with Crippen molar-refractivity contribution in [3.63, 3.8) is 0 Å². The summed E-state index contributed by atoms with van der Waals surface area (Å²) in [5.41, 5.74) is 2.73. The molecule has 1 aliphatic rings. The van der Waals surface area contributed by atoms with Crippen molar-refractivity contribution < 1.29 is 19.0 Å². The van der Waals surface area contributed by atoms with Crippen LogP contribution in [0.15, 0.2) is 51.2 Å². The highest BCUT2D eigenvalue weighted by atomic mass is 79.9. The monoisotopic (exact) mass is 668 g/mol. The molecule has 2 heterocycles. The third kappa shape index (κ3) is 6.90. The highest BCUT2D eigenvalue weighted by molar-refractivity contribution is 9.10. The van der Waals surface area contributed by atoms with E-state index in [2.05, 4.69) is 40.1 Å². The third-order valence-electron chi connectivity index (χ3n) is 6.15. The summed E-state index contributed by atoms with van der Waals surface area (Å²) in [6.07, 6.45) is 2.70. The number of fused-ring (bicyclic) bond motifs is 1. The highest BCUT2D eigenvalue weighted by Crippen LogP contribution is 2.43. The Balaban J connectivity index is 1.73. The third-order valence-corrected chi connectivity index (χ3v) is 8.53. The van der Waals surface area contributed by atoms with Gasteiger partial charge in [0.2, 0.25) is 11.1 Å². The van der Waals surface area contributed by atoms with Gasteiger partial charge < -0.3 is 19.5 Å². The number of thioether (sulfide) groups is 1. The van der Waals surface area contributed by atoms with E-state index in [1.807, 2.05) is 25.1 Å². The number of allylic oxidation sites excluding steroid dienone is 1. The molecule has 0 saturated heterocycles. The summed E-state index contributed by atoms with van der Waals surface area (Å²) in [5, 5.41) is 9.58. The summed E-state index contributed by atoms with van der Waals surface area (Å²) in [4.78, 5) is 18.1. The summed E-state index contributed by atoms with van der Waals surface area (Å²) in [6.45, 7) is 6.60. The van der Waals surface area contributed by atoms with E-state index in [1.165, 1.54) is 0 Å². The quantitative estimate of drug-likeness (QED) is 0.118. The molecular formula is C28H31BrCl2N4O4S. The number of aromatic nitrogens is 3. The van der Waals surface area contributed by atoms with Crippen LogP contribution in [0, 0.1) is 0 Å². The average molecular weight is 670 g/mol. The first-order chi connectivity index (χ1) is 19.3. The molecule has 0 bridgehead atoms. The molecular weight excluding hydrogens is 639 g/mol. The van der Waals surface area contributed by atoms with Gasteiger partial charge in [0.1, 0.15) is 12.6 Å². The second kappa shape index (κ2) is 14.0. The highest BCUT2D eigenvalue weighted by Gasteiger charge is 2.36. The second-order valence-corrected chi connectivity index (χ2v) is 11.9. The number of anilines is 1. The Morgan fingerprint density at radius 1 is 1.18 bits per heavy atom. The van der Waals surface area contributed by atoms with Crippen LogP contribution in [0.2, 0.25) is 10.0 Å². The largest absolute Gasteiger partial charge is 0.493 e. The van der Waals surface area contributed by atoms with E-state index in [9.17, 15) is 4.79 Å². The molecule has 0 amide bonds. The zero-order valence-electron chi connectivity index (χ0n) is 22.7. The van der Waals surface area contributed by atoms with Crippen LogP contribution in [-0.2, 0) is 16.1 Å². The maximum Gasteiger partial charge on any atom is 0.338 e. The summed E-state index contributed by atoms with van der Waals surface area (Å²) >= 11 is 17.4. The number of rotatable bonds is 12. The molecule has 0 fully saturated rings. The zero-order chi connectivity index (χ0) is 28.8. The fourth-order valence-corrected chi connectivity index (χ4v) is 5.75. The fourth-order valence-electron chi connectivity index (χ4n) is 4.17. The van der Waals surface area contributed by atoms with E-state index in [1.54, 1.807) is 35.7 Å². The predicted molar refractivity (Wildman–Crippen MR) is 163 cm³/mol. The van der Waals surface area contributed by atoms with E-state index < -0.39 is 12.0 Å². The molecule has 1 unspecified atom stereocenters. The van der Waals surface area contributed by atoms with Crippen LogP contribution in [-0.4, -0.2) is 40.2 Å². The van der Waals surface area contributed by atoms with Crippen molar-refractivity contribution in [3.8, 4) is 11.5 Å². The SMILES string of the molecule is CCCCOC(=O)C1=C(C)Nc2nc(SCCC)nn2C1c1cc(Br)c(OCc2ccc(Cl)c(Cl)c2)c(OC)c1. The van der Waals surface area contributed by atoms with Gasteiger partial charge in [0.15, 0.2) is 11.5 Å².